The maximum absolute atomic E-state index is 12.9. The van der Waals surface area contributed by atoms with E-state index in [1.165, 1.54) is 21.9 Å². The Bertz CT molecular complexity index is 493. The van der Waals surface area contributed by atoms with Gasteiger partial charge in [0.1, 0.15) is 5.82 Å². The lowest BCUT2D eigenvalue weighted by Crippen LogP contribution is -2.21. The van der Waals surface area contributed by atoms with Gasteiger partial charge >= 0.3 is 0 Å². The fourth-order valence-corrected chi connectivity index (χ4v) is 2.76. The number of anilines is 1. The van der Waals surface area contributed by atoms with Crippen molar-refractivity contribution in [1.29, 1.82) is 0 Å². The quantitative estimate of drug-likeness (QED) is 0.897. The molecule has 0 spiro atoms. The lowest BCUT2D eigenvalue weighted by Gasteiger charge is -2.22. The van der Waals surface area contributed by atoms with E-state index < -0.39 is 0 Å². The number of rotatable bonds is 5. The third kappa shape index (κ3) is 3.09. The second-order valence-corrected chi connectivity index (χ2v) is 5.32. The third-order valence-electron chi connectivity index (χ3n) is 2.84. The van der Waals surface area contributed by atoms with Crippen molar-refractivity contribution in [2.75, 3.05) is 11.4 Å². The minimum atomic E-state index is -0.198. The summed E-state index contributed by atoms with van der Waals surface area (Å²) in [4.78, 5) is 4.69. The summed E-state index contributed by atoms with van der Waals surface area (Å²) in [5.41, 5.74) is 6.65. The van der Waals surface area contributed by atoms with Gasteiger partial charge < -0.3 is 10.6 Å². The van der Waals surface area contributed by atoms with E-state index in [1.54, 1.807) is 11.3 Å². The molecule has 0 unspecified atom stereocenters. The molecule has 0 amide bonds. The molecule has 2 N–H and O–H groups in total. The number of thiophene rings is 1. The second-order valence-electron chi connectivity index (χ2n) is 4.06. The van der Waals surface area contributed by atoms with Crippen molar-refractivity contribution >= 4 is 17.0 Å². The molecule has 18 heavy (non-hydrogen) atoms. The molecule has 2 aromatic rings. The third-order valence-corrected chi connectivity index (χ3v) is 3.93. The molecule has 0 atom stereocenters. The Morgan fingerprint density at radius 3 is 2.33 bits per heavy atom. The van der Waals surface area contributed by atoms with Crippen molar-refractivity contribution in [3.05, 3.63) is 52.0 Å². The van der Waals surface area contributed by atoms with Crippen molar-refractivity contribution in [2.45, 2.75) is 20.0 Å². The van der Waals surface area contributed by atoms with Gasteiger partial charge in [0.05, 0.1) is 6.54 Å². The lowest BCUT2D eigenvalue weighted by atomic mass is 10.2. The Morgan fingerprint density at radius 1 is 1.11 bits per heavy atom. The van der Waals surface area contributed by atoms with Crippen LogP contribution in [0, 0.1) is 5.82 Å². The zero-order valence-corrected chi connectivity index (χ0v) is 11.2. The SMILES string of the molecule is CCN(Cc1ccc(CN)s1)c1ccc(F)cc1. The number of hydrogen-bond donors (Lipinski definition) is 1. The summed E-state index contributed by atoms with van der Waals surface area (Å²) in [6.45, 7) is 4.42. The van der Waals surface area contributed by atoms with Crippen LogP contribution in [0.5, 0.6) is 0 Å². The van der Waals surface area contributed by atoms with Crippen LogP contribution in [0.25, 0.3) is 0 Å². The molecule has 4 heteroatoms. The highest BCUT2D eigenvalue weighted by molar-refractivity contribution is 7.12. The van der Waals surface area contributed by atoms with Crippen LogP contribution in [-0.4, -0.2) is 6.54 Å². The highest BCUT2D eigenvalue weighted by Gasteiger charge is 2.07. The lowest BCUT2D eigenvalue weighted by molar-refractivity contribution is 0.627. The molecule has 1 heterocycles. The predicted octanol–water partition coefficient (Wildman–Crippen LogP) is 3.37. The van der Waals surface area contributed by atoms with Gasteiger partial charge in [-0.15, -0.1) is 11.3 Å². The molecule has 1 aromatic heterocycles. The topological polar surface area (TPSA) is 29.3 Å². The first-order valence-corrected chi connectivity index (χ1v) is 6.82. The summed E-state index contributed by atoms with van der Waals surface area (Å²) < 4.78 is 12.9. The van der Waals surface area contributed by atoms with E-state index in [-0.39, 0.29) is 5.82 Å². The zero-order valence-electron chi connectivity index (χ0n) is 10.4. The van der Waals surface area contributed by atoms with Crippen molar-refractivity contribution in [2.24, 2.45) is 5.73 Å². The maximum Gasteiger partial charge on any atom is 0.123 e. The Morgan fingerprint density at radius 2 is 1.78 bits per heavy atom. The first-order valence-electron chi connectivity index (χ1n) is 6.01. The summed E-state index contributed by atoms with van der Waals surface area (Å²) in [5, 5.41) is 0. The standard InChI is InChI=1S/C14H17FN2S/c1-2-17(12-5-3-11(15)4-6-12)10-14-8-7-13(9-16)18-14/h3-8H,2,9-10,16H2,1H3. The van der Waals surface area contributed by atoms with Gasteiger partial charge in [0, 0.05) is 28.5 Å². The fraction of sp³-hybridized carbons (Fsp3) is 0.286. The molecule has 2 nitrogen and oxygen atoms in total. The van der Waals surface area contributed by atoms with Crippen LogP contribution in [0.4, 0.5) is 10.1 Å². The van der Waals surface area contributed by atoms with Crippen molar-refractivity contribution in [3.8, 4) is 0 Å². The molecule has 0 aliphatic rings. The van der Waals surface area contributed by atoms with Crippen LogP contribution in [0.2, 0.25) is 0 Å². The average Bonchev–Trinajstić information content (AvgIpc) is 2.85. The smallest absolute Gasteiger partial charge is 0.123 e. The fourth-order valence-electron chi connectivity index (χ4n) is 1.84. The van der Waals surface area contributed by atoms with Crippen LogP contribution in [0.3, 0.4) is 0 Å². The molecule has 96 valence electrons. The van der Waals surface area contributed by atoms with E-state index in [0.29, 0.717) is 6.54 Å². The molecule has 2 rings (SSSR count). The van der Waals surface area contributed by atoms with Crippen LogP contribution in [0.1, 0.15) is 16.7 Å². The summed E-state index contributed by atoms with van der Waals surface area (Å²) >= 11 is 1.73. The summed E-state index contributed by atoms with van der Waals surface area (Å²) in [6.07, 6.45) is 0. The van der Waals surface area contributed by atoms with Gasteiger partial charge in [0.25, 0.3) is 0 Å². The first-order chi connectivity index (χ1) is 8.72. The minimum absolute atomic E-state index is 0.198. The van der Waals surface area contributed by atoms with Crippen LogP contribution in [0.15, 0.2) is 36.4 Å². The van der Waals surface area contributed by atoms with E-state index in [4.69, 9.17) is 5.73 Å². The monoisotopic (exact) mass is 264 g/mol. The molecule has 0 bridgehead atoms. The van der Waals surface area contributed by atoms with Gasteiger partial charge in [0.15, 0.2) is 0 Å². The van der Waals surface area contributed by atoms with Gasteiger partial charge in [-0.3, -0.25) is 0 Å². The van der Waals surface area contributed by atoms with Gasteiger partial charge in [-0.1, -0.05) is 0 Å². The molecule has 0 saturated heterocycles. The summed E-state index contributed by atoms with van der Waals surface area (Å²) in [7, 11) is 0. The number of nitrogens with zero attached hydrogens (tertiary/aromatic N) is 1. The highest BCUT2D eigenvalue weighted by atomic mass is 32.1. The first kappa shape index (κ1) is 13.1. The van der Waals surface area contributed by atoms with Gasteiger partial charge in [-0.25, -0.2) is 4.39 Å². The average molecular weight is 264 g/mol. The molecule has 0 saturated carbocycles. The van der Waals surface area contributed by atoms with Crippen LogP contribution in [-0.2, 0) is 13.1 Å². The predicted molar refractivity (Wildman–Crippen MR) is 75.3 cm³/mol. The molecule has 0 aliphatic carbocycles. The van der Waals surface area contributed by atoms with Crippen molar-refractivity contribution in [1.82, 2.24) is 0 Å². The second kappa shape index (κ2) is 5.98. The van der Waals surface area contributed by atoms with E-state index >= 15 is 0 Å². The molecule has 0 aliphatic heterocycles. The van der Waals surface area contributed by atoms with E-state index in [0.717, 1.165) is 18.8 Å². The number of nitrogens with two attached hydrogens (primary N) is 1. The van der Waals surface area contributed by atoms with Crippen LogP contribution < -0.4 is 10.6 Å². The molecular weight excluding hydrogens is 247 g/mol. The van der Waals surface area contributed by atoms with Gasteiger partial charge in [-0.05, 0) is 43.3 Å². The van der Waals surface area contributed by atoms with Gasteiger partial charge in [0.2, 0.25) is 0 Å². The summed E-state index contributed by atoms with van der Waals surface area (Å²) in [5.74, 6) is -0.198. The Kier molecular flexibility index (Phi) is 4.33. The Balaban J connectivity index is 2.11. The van der Waals surface area contributed by atoms with Crippen molar-refractivity contribution < 1.29 is 4.39 Å². The Labute approximate surface area is 111 Å². The number of halogens is 1. The summed E-state index contributed by atoms with van der Waals surface area (Å²) in [6, 6.07) is 10.8. The number of benzene rings is 1. The molecule has 0 fully saturated rings. The zero-order chi connectivity index (χ0) is 13.0. The minimum Gasteiger partial charge on any atom is -0.367 e. The maximum atomic E-state index is 12.9. The van der Waals surface area contributed by atoms with Crippen molar-refractivity contribution in [3.63, 3.8) is 0 Å². The highest BCUT2D eigenvalue weighted by Crippen LogP contribution is 2.22. The van der Waals surface area contributed by atoms with E-state index in [1.807, 2.05) is 12.1 Å². The largest absolute Gasteiger partial charge is 0.367 e. The normalized spacial score (nSPS) is 10.6. The van der Waals surface area contributed by atoms with Gasteiger partial charge in [-0.2, -0.15) is 0 Å². The van der Waals surface area contributed by atoms with E-state index in [9.17, 15) is 4.39 Å². The molecular formula is C14H17FN2S. The molecule has 0 radical (unpaired) electrons. The molecule has 1 aromatic carbocycles. The van der Waals surface area contributed by atoms with Crippen LogP contribution >= 0.6 is 11.3 Å². The number of hydrogen-bond acceptors (Lipinski definition) is 3. The van der Waals surface area contributed by atoms with E-state index in [2.05, 4.69) is 24.0 Å². The Hall–Kier alpha value is -1.39.